The molecule has 23 heavy (non-hydrogen) atoms. The number of ether oxygens (including phenoxy) is 1. The lowest BCUT2D eigenvalue weighted by Gasteiger charge is -2.17. The molecule has 0 saturated carbocycles. The molecule has 1 aliphatic heterocycles. The molecule has 0 spiro atoms. The molecular weight excluding hydrogens is 286 g/mol. The van der Waals surface area contributed by atoms with Gasteiger partial charge in [0.2, 0.25) is 0 Å². The minimum absolute atomic E-state index is 0.0697. The third-order valence-corrected chi connectivity index (χ3v) is 3.46. The van der Waals surface area contributed by atoms with Crippen LogP contribution in [0, 0.1) is 29.6 Å². The van der Waals surface area contributed by atoms with Crippen LogP contribution in [0.5, 0.6) is 0 Å². The van der Waals surface area contributed by atoms with E-state index in [0.717, 1.165) is 16.8 Å². The summed E-state index contributed by atoms with van der Waals surface area (Å²) in [7, 11) is 4.00. The molecule has 0 amide bonds. The van der Waals surface area contributed by atoms with Crippen molar-refractivity contribution in [3.05, 3.63) is 70.7 Å². The quantitative estimate of drug-likeness (QED) is 0.796. The average Bonchev–Trinajstić information content (AvgIpc) is 2.55. The zero-order chi connectivity index (χ0) is 16.8. The van der Waals surface area contributed by atoms with Crippen LogP contribution in [0.2, 0.25) is 0 Å². The zero-order valence-corrected chi connectivity index (χ0v) is 13.4. The largest absolute Gasteiger partial charge is 0.465 e. The maximum atomic E-state index is 8.95. The van der Waals surface area contributed by atoms with Crippen LogP contribution in [0.25, 0.3) is 6.08 Å². The predicted molar refractivity (Wildman–Crippen MR) is 91.1 cm³/mol. The molecule has 2 rings (SSSR count). The van der Waals surface area contributed by atoms with Gasteiger partial charge >= 0.3 is 0 Å². The van der Waals surface area contributed by atoms with Crippen LogP contribution < -0.4 is 4.90 Å². The Balaban J connectivity index is 2.38. The summed E-state index contributed by atoms with van der Waals surface area (Å²) in [6.07, 6.45) is 8.59. The van der Waals surface area contributed by atoms with Crippen molar-refractivity contribution < 1.29 is 4.74 Å². The molecule has 1 heterocycles. The lowest BCUT2D eigenvalue weighted by atomic mass is 10.0. The Kier molecular flexibility index (Phi) is 5.02. The molecule has 0 aromatic heterocycles. The molecule has 4 nitrogen and oxygen atoms in total. The van der Waals surface area contributed by atoms with Crippen LogP contribution in [0.4, 0.5) is 5.69 Å². The summed E-state index contributed by atoms with van der Waals surface area (Å²) in [6.45, 7) is 2.05. The summed E-state index contributed by atoms with van der Waals surface area (Å²) in [6, 6.07) is 9.90. The summed E-state index contributed by atoms with van der Waals surface area (Å²) in [5.41, 5.74) is 3.99. The van der Waals surface area contributed by atoms with Crippen molar-refractivity contribution in [3.63, 3.8) is 0 Å². The van der Waals surface area contributed by atoms with Gasteiger partial charge in [-0.3, -0.25) is 0 Å². The molecule has 0 fully saturated rings. The van der Waals surface area contributed by atoms with E-state index in [4.69, 9.17) is 15.3 Å². The van der Waals surface area contributed by atoms with E-state index in [2.05, 4.69) is 24.0 Å². The molecule has 1 aromatic carbocycles. The molecule has 0 atom stereocenters. The summed E-state index contributed by atoms with van der Waals surface area (Å²) >= 11 is 0. The lowest BCUT2D eigenvalue weighted by Crippen LogP contribution is -2.10. The first-order valence-corrected chi connectivity index (χ1v) is 7.11. The van der Waals surface area contributed by atoms with E-state index in [1.54, 1.807) is 12.2 Å². The summed E-state index contributed by atoms with van der Waals surface area (Å²) in [4.78, 5) is 2.05. The van der Waals surface area contributed by atoms with Crippen LogP contribution >= 0.6 is 0 Å². The number of benzene rings is 1. The standard InChI is InChI=1S/C19H17N3O/c1-14-5-4-6-19(22(2)3)18(14)8-7-17-11-15(9-10-23-17)16(12-20)13-21/h4-11H,1-3H3. The number of hydrogen-bond acceptors (Lipinski definition) is 4. The highest BCUT2D eigenvalue weighted by Crippen LogP contribution is 2.25. The Bertz CT molecular complexity index is 796. The number of nitrogens with zero attached hydrogens (tertiary/aromatic N) is 3. The normalized spacial score (nSPS) is 13.1. The molecule has 0 saturated heterocycles. The number of aryl methyl sites for hydroxylation is 1. The van der Waals surface area contributed by atoms with Crippen LogP contribution in [0.3, 0.4) is 0 Å². The maximum absolute atomic E-state index is 8.95. The van der Waals surface area contributed by atoms with Gasteiger partial charge in [0.1, 0.15) is 23.5 Å². The molecule has 0 unspecified atom stereocenters. The van der Waals surface area contributed by atoms with E-state index < -0.39 is 0 Å². The van der Waals surface area contributed by atoms with Crippen molar-refractivity contribution in [2.24, 2.45) is 0 Å². The Morgan fingerprint density at radius 1 is 1.17 bits per heavy atom. The van der Waals surface area contributed by atoms with Gasteiger partial charge in [-0.2, -0.15) is 10.5 Å². The minimum atomic E-state index is 0.0697. The molecule has 0 bridgehead atoms. The average molecular weight is 303 g/mol. The number of allylic oxidation sites excluding steroid dienone is 5. The smallest absolute Gasteiger partial charge is 0.137 e. The highest BCUT2D eigenvalue weighted by atomic mass is 16.5. The minimum Gasteiger partial charge on any atom is -0.465 e. The number of anilines is 1. The van der Waals surface area contributed by atoms with Gasteiger partial charge in [-0.25, -0.2) is 0 Å². The second-order valence-corrected chi connectivity index (χ2v) is 5.26. The molecule has 114 valence electrons. The van der Waals surface area contributed by atoms with Gasteiger partial charge in [-0.05, 0) is 42.9 Å². The van der Waals surface area contributed by atoms with Gasteiger partial charge in [-0.1, -0.05) is 12.1 Å². The van der Waals surface area contributed by atoms with Crippen LogP contribution in [-0.4, -0.2) is 14.1 Å². The Labute approximate surface area is 136 Å². The Morgan fingerprint density at radius 3 is 2.57 bits per heavy atom. The van der Waals surface area contributed by atoms with E-state index in [1.165, 1.54) is 6.26 Å². The second-order valence-electron chi connectivity index (χ2n) is 5.26. The summed E-state index contributed by atoms with van der Waals surface area (Å²) in [5, 5.41) is 17.9. The number of hydrogen-bond donors (Lipinski definition) is 0. The van der Waals surface area contributed by atoms with Gasteiger partial charge in [0, 0.05) is 30.9 Å². The fraction of sp³-hybridized carbons (Fsp3) is 0.158. The highest BCUT2D eigenvalue weighted by Gasteiger charge is 2.08. The van der Waals surface area contributed by atoms with Gasteiger partial charge in [0.05, 0.1) is 6.26 Å². The fourth-order valence-electron chi connectivity index (χ4n) is 2.26. The third-order valence-electron chi connectivity index (χ3n) is 3.46. The number of nitriles is 2. The van der Waals surface area contributed by atoms with E-state index in [9.17, 15) is 0 Å². The van der Waals surface area contributed by atoms with Crippen molar-refractivity contribution in [2.45, 2.75) is 6.92 Å². The van der Waals surface area contributed by atoms with Crippen molar-refractivity contribution in [2.75, 3.05) is 19.0 Å². The van der Waals surface area contributed by atoms with Crippen molar-refractivity contribution in [3.8, 4) is 12.1 Å². The van der Waals surface area contributed by atoms with E-state index >= 15 is 0 Å². The molecule has 1 aliphatic rings. The second kappa shape index (κ2) is 7.15. The molecule has 0 aliphatic carbocycles. The first-order chi connectivity index (χ1) is 11.1. The predicted octanol–water partition coefficient (Wildman–Crippen LogP) is 3.85. The van der Waals surface area contributed by atoms with Crippen molar-refractivity contribution in [1.29, 1.82) is 10.5 Å². The topological polar surface area (TPSA) is 60.0 Å². The van der Waals surface area contributed by atoms with Crippen LogP contribution in [0.15, 0.2) is 59.6 Å². The van der Waals surface area contributed by atoms with Crippen molar-refractivity contribution >= 4 is 11.8 Å². The SMILES string of the molecule is Cc1cccc(N(C)C)c1C=CC1=CC(=C(C#N)C#N)C=CO1. The summed E-state index contributed by atoms with van der Waals surface area (Å²) in [5.74, 6) is 0.582. The van der Waals surface area contributed by atoms with Gasteiger partial charge in [0.25, 0.3) is 0 Å². The molecule has 1 aromatic rings. The first-order valence-electron chi connectivity index (χ1n) is 7.11. The third kappa shape index (κ3) is 3.70. The first kappa shape index (κ1) is 16.1. The molecular formula is C19H17N3O. The van der Waals surface area contributed by atoms with Gasteiger partial charge < -0.3 is 9.64 Å². The number of rotatable bonds is 3. The molecule has 4 heteroatoms. The molecule has 0 radical (unpaired) electrons. The Hall–Kier alpha value is -3.24. The molecule has 0 N–H and O–H groups in total. The van der Waals surface area contributed by atoms with Gasteiger partial charge in [-0.15, -0.1) is 0 Å². The van der Waals surface area contributed by atoms with Gasteiger partial charge in [0.15, 0.2) is 0 Å². The maximum Gasteiger partial charge on any atom is 0.137 e. The summed E-state index contributed by atoms with van der Waals surface area (Å²) < 4.78 is 5.44. The monoisotopic (exact) mass is 303 g/mol. The lowest BCUT2D eigenvalue weighted by molar-refractivity contribution is 0.364. The van der Waals surface area contributed by atoms with Crippen LogP contribution in [-0.2, 0) is 4.74 Å². The van der Waals surface area contributed by atoms with Crippen molar-refractivity contribution in [1.82, 2.24) is 0 Å². The fourth-order valence-corrected chi connectivity index (χ4v) is 2.26. The zero-order valence-electron chi connectivity index (χ0n) is 13.4. The highest BCUT2D eigenvalue weighted by molar-refractivity contribution is 5.71. The van der Waals surface area contributed by atoms with Crippen LogP contribution in [0.1, 0.15) is 11.1 Å². The van der Waals surface area contributed by atoms with E-state index in [1.807, 2.05) is 44.5 Å². The van der Waals surface area contributed by atoms with E-state index in [-0.39, 0.29) is 5.57 Å². The van der Waals surface area contributed by atoms with E-state index in [0.29, 0.717) is 11.3 Å². The Morgan fingerprint density at radius 2 is 1.91 bits per heavy atom.